The lowest BCUT2D eigenvalue weighted by molar-refractivity contribution is -0.138. The molecule has 0 aliphatic rings. The second kappa shape index (κ2) is 8.32. The van der Waals surface area contributed by atoms with Crippen LogP contribution in [-0.4, -0.2) is 32.3 Å². The Morgan fingerprint density at radius 3 is 2.55 bits per heavy atom. The zero-order chi connectivity index (χ0) is 21.8. The number of nitrogens with one attached hydrogen (secondary N) is 2. The van der Waals surface area contributed by atoms with Crippen molar-refractivity contribution >= 4 is 23.2 Å². The van der Waals surface area contributed by atoms with Crippen molar-refractivity contribution in [3.63, 3.8) is 0 Å². The Morgan fingerprint density at radius 1 is 1.28 bits per heavy atom. The zero-order valence-electron chi connectivity index (χ0n) is 15.5. The molecule has 154 valence electrons. The summed E-state index contributed by atoms with van der Waals surface area (Å²) in [5.41, 5.74) is -3.65. The van der Waals surface area contributed by atoms with E-state index in [0.29, 0.717) is 11.8 Å². The zero-order valence-corrected chi connectivity index (χ0v) is 15.5. The first-order valence-corrected chi connectivity index (χ1v) is 8.43. The van der Waals surface area contributed by atoms with Gasteiger partial charge in [0.25, 0.3) is 5.91 Å². The van der Waals surface area contributed by atoms with Crippen molar-refractivity contribution in [3.05, 3.63) is 41.7 Å². The third-order valence-electron chi connectivity index (χ3n) is 3.90. The minimum atomic E-state index is -4.78. The average molecular weight is 409 g/mol. The lowest BCUT2D eigenvalue weighted by Gasteiger charge is -2.22. The predicted molar refractivity (Wildman–Crippen MR) is 96.6 cm³/mol. The molecule has 1 atom stereocenters. The van der Waals surface area contributed by atoms with Crippen LogP contribution in [0, 0.1) is 11.3 Å². The largest absolute Gasteiger partial charge is 0.417 e. The standard InChI is InChI=1S/C18H18F3N5O3/c1-3-15(27)24-13-8-23-26(9-13)10-17(2,29)16(28)25-12-5-4-11(7-22)14(6-12)18(19,20)21/h4-6,8-9,29H,3,10H2,1-2H3,(H,24,27)(H,25,28)/t17-/m0/s1. The molecule has 1 heterocycles. The molecule has 0 aliphatic heterocycles. The molecular weight excluding hydrogens is 391 g/mol. The molecule has 2 aromatic rings. The molecule has 0 spiro atoms. The molecule has 3 N–H and O–H groups in total. The van der Waals surface area contributed by atoms with Crippen LogP contribution in [0.15, 0.2) is 30.6 Å². The van der Waals surface area contributed by atoms with Crippen molar-refractivity contribution in [2.75, 3.05) is 10.6 Å². The number of aliphatic hydroxyl groups is 1. The number of nitriles is 1. The van der Waals surface area contributed by atoms with Crippen LogP contribution >= 0.6 is 0 Å². The fourth-order valence-corrected chi connectivity index (χ4v) is 2.37. The lowest BCUT2D eigenvalue weighted by Crippen LogP contribution is -2.43. The van der Waals surface area contributed by atoms with Gasteiger partial charge in [-0.05, 0) is 25.1 Å². The van der Waals surface area contributed by atoms with E-state index in [1.54, 1.807) is 6.92 Å². The number of carbonyl (C=O) groups excluding carboxylic acids is 2. The smallest absolute Gasteiger partial charge is 0.378 e. The van der Waals surface area contributed by atoms with Gasteiger partial charge in [-0.2, -0.15) is 23.5 Å². The number of nitrogens with zero attached hydrogens (tertiary/aromatic N) is 3. The minimum Gasteiger partial charge on any atom is -0.378 e. The summed E-state index contributed by atoms with van der Waals surface area (Å²) in [5, 5.41) is 27.9. The number of rotatable bonds is 6. The topological polar surface area (TPSA) is 120 Å². The van der Waals surface area contributed by atoms with Crippen molar-refractivity contribution < 1.29 is 27.9 Å². The van der Waals surface area contributed by atoms with Gasteiger partial charge in [0.1, 0.15) is 0 Å². The highest BCUT2D eigenvalue weighted by Crippen LogP contribution is 2.33. The van der Waals surface area contributed by atoms with Gasteiger partial charge in [-0.15, -0.1) is 0 Å². The molecule has 29 heavy (non-hydrogen) atoms. The summed E-state index contributed by atoms with van der Waals surface area (Å²) in [5.74, 6) is -1.21. The van der Waals surface area contributed by atoms with E-state index < -0.39 is 28.8 Å². The Balaban J connectivity index is 2.13. The number of carbonyl (C=O) groups is 2. The number of hydrogen-bond donors (Lipinski definition) is 3. The van der Waals surface area contributed by atoms with E-state index >= 15 is 0 Å². The van der Waals surface area contributed by atoms with E-state index in [9.17, 15) is 27.9 Å². The second-order valence-electron chi connectivity index (χ2n) is 6.43. The first-order valence-electron chi connectivity index (χ1n) is 8.43. The molecule has 0 radical (unpaired) electrons. The van der Waals surface area contributed by atoms with E-state index in [0.717, 1.165) is 12.1 Å². The molecule has 0 saturated carbocycles. The van der Waals surface area contributed by atoms with Crippen LogP contribution < -0.4 is 10.6 Å². The minimum absolute atomic E-state index is 0.224. The fourth-order valence-electron chi connectivity index (χ4n) is 2.37. The fraction of sp³-hybridized carbons (Fsp3) is 0.333. The Morgan fingerprint density at radius 2 is 1.97 bits per heavy atom. The van der Waals surface area contributed by atoms with Gasteiger partial charge in [-0.1, -0.05) is 6.92 Å². The SMILES string of the molecule is CCC(=O)Nc1cnn(C[C@](C)(O)C(=O)Nc2ccc(C#N)c(C(F)(F)F)c2)c1. The quantitative estimate of drug-likeness (QED) is 0.677. The summed E-state index contributed by atoms with van der Waals surface area (Å²) in [6.45, 7) is 2.52. The molecule has 8 nitrogen and oxygen atoms in total. The summed E-state index contributed by atoms with van der Waals surface area (Å²) in [7, 11) is 0. The van der Waals surface area contributed by atoms with Gasteiger partial charge in [-0.3, -0.25) is 14.3 Å². The van der Waals surface area contributed by atoms with E-state index in [2.05, 4.69) is 15.7 Å². The molecule has 0 aliphatic carbocycles. The van der Waals surface area contributed by atoms with Crippen LogP contribution in [0.3, 0.4) is 0 Å². The number of anilines is 2. The van der Waals surface area contributed by atoms with Gasteiger partial charge in [0.2, 0.25) is 5.91 Å². The van der Waals surface area contributed by atoms with Crippen LogP contribution in [0.25, 0.3) is 0 Å². The highest BCUT2D eigenvalue weighted by atomic mass is 19.4. The first kappa shape index (κ1) is 21.9. The lowest BCUT2D eigenvalue weighted by atomic mass is 10.0. The molecular formula is C18H18F3N5O3. The van der Waals surface area contributed by atoms with Crippen molar-refractivity contribution in [1.82, 2.24) is 9.78 Å². The van der Waals surface area contributed by atoms with Crippen molar-refractivity contribution in [2.24, 2.45) is 0 Å². The normalized spacial score (nSPS) is 13.3. The molecule has 11 heteroatoms. The Labute approximate surface area is 163 Å². The molecule has 2 rings (SSSR count). The second-order valence-corrected chi connectivity index (χ2v) is 6.43. The van der Waals surface area contributed by atoms with Gasteiger partial charge in [0.05, 0.1) is 35.6 Å². The summed E-state index contributed by atoms with van der Waals surface area (Å²) < 4.78 is 40.3. The Hall–Kier alpha value is -3.39. The van der Waals surface area contributed by atoms with Gasteiger partial charge in [-0.25, -0.2) is 0 Å². The number of hydrogen-bond acceptors (Lipinski definition) is 5. The van der Waals surface area contributed by atoms with Gasteiger partial charge >= 0.3 is 6.18 Å². The highest BCUT2D eigenvalue weighted by Gasteiger charge is 2.35. The molecule has 0 saturated heterocycles. The molecule has 0 fully saturated rings. The third kappa shape index (κ3) is 5.55. The predicted octanol–water partition coefficient (Wildman–Crippen LogP) is 2.51. The molecule has 0 bridgehead atoms. The molecule has 1 aromatic heterocycles. The van der Waals surface area contributed by atoms with Crippen LogP contribution in [0.5, 0.6) is 0 Å². The van der Waals surface area contributed by atoms with Crippen LogP contribution in [0.4, 0.5) is 24.5 Å². The number of benzene rings is 1. The molecule has 0 unspecified atom stereocenters. The maximum Gasteiger partial charge on any atom is 0.417 e. The monoisotopic (exact) mass is 409 g/mol. The van der Waals surface area contributed by atoms with Crippen LogP contribution in [-0.2, 0) is 22.3 Å². The number of amides is 2. The summed E-state index contributed by atoms with van der Waals surface area (Å²) in [6, 6.07) is 4.13. The highest BCUT2D eigenvalue weighted by molar-refractivity contribution is 5.97. The summed E-state index contributed by atoms with van der Waals surface area (Å²) in [6.07, 6.45) is -1.78. The van der Waals surface area contributed by atoms with Gasteiger partial charge in [0.15, 0.2) is 5.60 Å². The number of alkyl halides is 3. The first-order chi connectivity index (χ1) is 13.5. The van der Waals surface area contributed by atoms with Crippen LogP contribution in [0.2, 0.25) is 0 Å². The molecule has 1 aromatic carbocycles. The molecule has 2 amide bonds. The number of aromatic nitrogens is 2. The summed E-state index contributed by atoms with van der Waals surface area (Å²) in [4.78, 5) is 23.7. The number of halogens is 3. The third-order valence-corrected chi connectivity index (χ3v) is 3.90. The van der Waals surface area contributed by atoms with Crippen molar-refractivity contribution in [3.8, 4) is 6.07 Å². The van der Waals surface area contributed by atoms with Crippen molar-refractivity contribution in [1.29, 1.82) is 5.26 Å². The van der Waals surface area contributed by atoms with Gasteiger partial charge < -0.3 is 15.7 Å². The van der Waals surface area contributed by atoms with E-state index in [1.165, 1.54) is 30.1 Å². The average Bonchev–Trinajstić information content (AvgIpc) is 3.06. The Kier molecular flexibility index (Phi) is 6.28. The van der Waals surface area contributed by atoms with E-state index in [4.69, 9.17) is 5.26 Å². The van der Waals surface area contributed by atoms with Crippen molar-refractivity contribution in [2.45, 2.75) is 38.6 Å². The maximum atomic E-state index is 13.0. The van der Waals surface area contributed by atoms with Crippen LogP contribution in [0.1, 0.15) is 31.4 Å². The van der Waals surface area contributed by atoms with E-state index in [1.807, 2.05) is 0 Å². The Bertz CT molecular complexity index is 960. The van der Waals surface area contributed by atoms with E-state index in [-0.39, 0.29) is 24.6 Å². The van der Waals surface area contributed by atoms with Gasteiger partial charge in [0, 0.05) is 18.3 Å². The summed E-state index contributed by atoms with van der Waals surface area (Å²) >= 11 is 0. The maximum absolute atomic E-state index is 13.0.